The van der Waals surface area contributed by atoms with Crippen molar-refractivity contribution in [2.45, 2.75) is 85.0 Å². The van der Waals surface area contributed by atoms with E-state index >= 15 is 0 Å². The van der Waals surface area contributed by atoms with Crippen molar-refractivity contribution in [1.29, 1.82) is 0 Å². The fourth-order valence-electron chi connectivity index (χ4n) is 9.92. The summed E-state index contributed by atoms with van der Waals surface area (Å²) in [6.07, 6.45) is 3.41. The number of benzene rings is 8. The van der Waals surface area contributed by atoms with Crippen LogP contribution in [0.4, 0.5) is 0 Å². The van der Waals surface area contributed by atoms with Crippen LogP contribution in [-0.4, -0.2) is 19.6 Å². The molecule has 10 rings (SSSR count). The molecule has 10 aromatic rings. The molecular weight excluding hydrogens is 1060 g/mol. The van der Waals surface area contributed by atoms with Crippen molar-refractivity contribution in [3.05, 3.63) is 217 Å². The second-order valence-corrected chi connectivity index (χ2v) is 20.7. The number of aromatic nitrogens is 3. The van der Waals surface area contributed by atoms with Gasteiger partial charge in [0.2, 0.25) is 0 Å². The summed E-state index contributed by atoms with van der Waals surface area (Å²) in [6.45, 7) is 17.7. The molecule has 2 heterocycles. The second kappa shape index (κ2) is 20.5. The van der Waals surface area contributed by atoms with Gasteiger partial charge in [0.05, 0.1) is 22.3 Å². The number of nitrogens with zero attached hydrogens (tertiary/aromatic N) is 3. The van der Waals surface area contributed by atoms with Crippen molar-refractivity contribution in [2.24, 2.45) is 0 Å². The Hall–Kier alpha value is -7.13. The van der Waals surface area contributed by atoms with Crippen LogP contribution < -0.4 is 0 Å². The molecular formula is C67H62N3OPt-. The maximum atomic E-state index is 12.8. The first-order chi connectivity index (χ1) is 34.6. The van der Waals surface area contributed by atoms with Gasteiger partial charge in [-0.15, -0.1) is 29.3 Å². The summed E-state index contributed by atoms with van der Waals surface area (Å²) in [6, 6.07) is 69.4. The van der Waals surface area contributed by atoms with Gasteiger partial charge in [0, 0.05) is 45.5 Å². The molecule has 0 amide bonds. The molecule has 0 aliphatic carbocycles. The molecule has 2 aromatic heterocycles. The van der Waals surface area contributed by atoms with Crippen molar-refractivity contribution in [2.75, 3.05) is 0 Å². The minimum Gasteiger partial charge on any atom is -0.507 e. The van der Waals surface area contributed by atoms with E-state index < -0.39 is 5.89 Å². The Balaban J connectivity index is 0.00000656. The summed E-state index contributed by atoms with van der Waals surface area (Å²) in [7, 11) is 0. The average molecular weight is 1120 g/mol. The number of hydrogen-bond donors (Lipinski definition) is 1. The third kappa shape index (κ3) is 9.78. The van der Waals surface area contributed by atoms with Gasteiger partial charge in [-0.2, -0.15) is 0 Å². The Labute approximate surface area is 442 Å². The van der Waals surface area contributed by atoms with Gasteiger partial charge in [-0.3, -0.25) is 9.55 Å². The Morgan fingerprint density at radius 2 is 1.11 bits per heavy atom. The molecule has 8 aromatic carbocycles. The molecule has 0 atom stereocenters. The second-order valence-electron chi connectivity index (χ2n) is 20.7. The largest absolute Gasteiger partial charge is 0.507 e. The first-order valence-electron chi connectivity index (χ1n) is 25.5. The normalized spacial score (nSPS) is 12.1. The smallest absolute Gasteiger partial charge is 0.148 e. The summed E-state index contributed by atoms with van der Waals surface area (Å²) >= 11 is 0. The predicted molar refractivity (Wildman–Crippen MR) is 298 cm³/mol. The molecule has 0 spiro atoms. The van der Waals surface area contributed by atoms with Gasteiger partial charge in [0.25, 0.3) is 0 Å². The van der Waals surface area contributed by atoms with E-state index in [9.17, 15) is 5.11 Å². The molecule has 0 radical (unpaired) electrons. The first kappa shape index (κ1) is 48.5. The standard InChI is InChI=1S/C67H62N3O.Pt/c1-9-44(10-2)45-31-33-46(34-32-45)49-37-38-68-60(42-49)51-39-50(40-53(41-51)67(6,7)8)55-27-20-30-62-63(55)69-65(70(62)61-36-35-52(66(3,4)5)43-59(61)48-23-15-12-16-24-48)58-29-19-28-57(64(58)71)56-26-18-17-25-54(56)47-21-13-11-14-22-47;/h11-38,40-44,71H,9-10H2,1-8H3;/q-1;/i44D;. The van der Waals surface area contributed by atoms with Gasteiger partial charge in [-0.05, 0) is 104 Å². The number of imidazole rings is 1. The SMILES string of the molecule is [2H]C(CC)(CC)c1ccc(-c2ccnc(-c3[c-]c(-c4cccc5c4nc(-c4cccc(-c6ccccc6-c6ccccc6)c4O)n5-c4ccc(C(C)(C)C)cc4-c4ccccc4)cc(C(C)(C)C)c3)c2)cc1.[Pt]. The van der Waals surface area contributed by atoms with E-state index in [1.165, 1.54) is 5.56 Å². The van der Waals surface area contributed by atoms with E-state index in [1.807, 2.05) is 54.7 Å². The summed E-state index contributed by atoms with van der Waals surface area (Å²) in [5.74, 6) is 0.189. The summed E-state index contributed by atoms with van der Waals surface area (Å²) in [5.41, 5.74) is 18.0. The van der Waals surface area contributed by atoms with Crippen LogP contribution in [0.25, 0.3) is 95.0 Å². The van der Waals surface area contributed by atoms with E-state index in [2.05, 4.69) is 206 Å². The predicted octanol–water partition coefficient (Wildman–Crippen LogP) is 18.1. The van der Waals surface area contributed by atoms with Crippen LogP contribution in [0.3, 0.4) is 0 Å². The molecule has 0 bridgehead atoms. The number of fused-ring (bicyclic) bond motifs is 1. The molecule has 0 aliphatic rings. The van der Waals surface area contributed by atoms with E-state index in [-0.39, 0.29) is 37.6 Å². The van der Waals surface area contributed by atoms with E-state index in [0.29, 0.717) is 11.4 Å². The minimum atomic E-state index is -0.597. The molecule has 0 saturated carbocycles. The third-order valence-electron chi connectivity index (χ3n) is 14.0. The van der Waals surface area contributed by atoms with Gasteiger partial charge in [-0.25, -0.2) is 4.98 Å². The number of phenols is 1. The minimum absolute atomic E-state index is 0. The van der Waals surface area contributed by atoms with E-state index in [1.54, 1.807) is 0 Å². The van der Waals surface area contributed by atoms with Gasteiger partial charge < -0.3 is 5.11 Å². The van der Waals surface area contributed by atoms with Gasteiger partial charge in [0.1, 0.15) is 11.6 Å². The zero-order valence-corrected chi connectivity index (χ0v) is 44.8. The maximum absolute atomic E-state index is 12.8. The Bertz CT molecular complexity index is 3580. The van der Waals surface area contributed by atoms with Crippen LogP contribution in [0.5, 0.6) is 5.75 Å². The number of hydrogen-bond acceptors (Lipinski definition) is 3. The number of para-hydroxylation sites is 2. The first-order valence-corrected chi connectivity index (χ1v) is 25.0. The monoisotopic (exact) mass is 1120 g/mol. The zero-order chi connectivity index (χ0) is 50.4. The fraction of sp³-hybridized carbons (Fsp3) is 0.194. The van der Waals surface area contributed by atoms with E-state index in [0.717, 1.165) is 108 Å². The topological polar surface area (TPSA) is 50.9 Å². The van der Waals surface area contributed by atoms with Crippen LogP contribution in [0.1, 0.15) is 92.2 Å². The maximum Gasteiger partial charge on any atom is 0.148 e. The molecule has 362 valence electrons. The van der Waals surface area contributed by atoms with Crippen LogP contribution in [0.2, 0.25) is 0 Å². The third-order valence-corrected chi connectivity index (χ3v) is 14.0. The summed E-state index contributed by atoms with van der Waals surface area (Å²) < 4.78 is 11.3. The van der Waals surface area contributed by atoms with Crippen LogP contribution in [-0.2, 0) is 31.9 Å². The molecule has 0 saturated heterocycles. The molecule has 0 fully saturated rings. The quantitative estimate of drug-likeness (QED) is 0.131. The van der Waals surface area contributed by atoms with Crippen LogP contribution >= 0.6 is 0 Å². The summed E-state index contributed by atoms with van der Waals surface area (Å²) in [5, 5.41) is 12.8. The molecule has 1 N–H and O–H groups in total. The van der Waals surface area contributed by atoms with Crippen molar-refractivity contribution in [1.82, 2.24) is 14.5 Å². The van der Waals surface area contributed by atoms with Crippen LogP contribution in [0, 0.1) is 6.07 Å². The Morgan fingerprint density at radius 3 is 1.78 bits per heavy atom. The van der Waals surface area contributed by atoms with Crippen molar-refractivity contribution in [3.8, 4) is 89.7 Å². The van der Waals surface area contributed by atoms with Gasteiger partial charge in [0.15, 0.2) is 0 Å². The molecule has 5 heteroatoms. The summed E-state index contributed by atoms with van der Waals surface area (Å²) in [4.78, 5) is 10.6. The number of rotatable bonds is 11. The van der Waals surface area contributed by atoms with Crippen molar-refractivity contribution in [3.63, 3.8) is 0 Å². The number of phenolic OH excluding ortho intramolecular Hbond substituents is 1. The van der Waals surface area contributed by atoms with Crippen LogP contribution in [0.15, 0.2) is 194 Å². The number of pyridine rings is 1. The molecule has 72 heavy (non-hydrogen) atoms. The van der Waals surface area contributed by atoms with Crippen molar-refractivity contribution >= 4 is 11.0 Å². The molecule has 0 unspecified atom stereocenters. The van der Waals surface area contributed by atoms with Gasteiger partial charge >= 0.3 is 0 Å². The fourth-order valence-corrected chi connectivity index (χ4v) is 9.92. The molecule has 0 aliphatic heterocycles. The zero-order valence-electron chi connectivity index (χ0n) is 43.5. The van der Waals surface area contributed by atoms with Crippen molar-refractivity contribution < 1.29 is 27.5 Å². The Kier molecular flexibility index (Phi) is 13.8. The molecule has 4 nitrogen and oxygen atoms in total. The Morgan fingerprint density at radius 1 is 0.528 bits per heavy atom. The number of aromatic hydroxyl groups is 1. The van der Waals surface area contributed by atoms with E-state index in [4.69, 9.17) is 11.3 Å². The average Bonchev–Trinajstić information content (AvgIpc) is 3.80. The van der Waals surface area contributed by atoms with Gasteiger partial charge in [-0.1, -0.05) is 212 Å².